The average molecular weight is 375 g/mol. The molecular formula is C18H19ClN4O3. The maximum atomic E-state index is 12.7. The van der Waals surface area contributed by atoms with Gasteiger partial charge in [-0.15, -0.1) is 0 Å². The molecule has 0 saturated heterocycles. The number of halogens is 1. The highest BCUT2D eigenvalue weighted by molar-refractivity contribution is 6.30. The zero-order valence-corrected chi connectivity index (χ0v) is 15.3. The summed E-state index contributed by atoms with van der Waals surface area (Å²) >= 11 is 5.93. The van der Waals surface area contributed by atoms with E-state index in [1.165, 1.54) is 9.75 Å². The quantitative estimate of drug-likeness (QED) is 0.873. The van der Waals surface area contributed by atoms with Crippen LogP contribution in [0.15, 0.2) is 30.0 Å². The number of rotatable bonds is 2. The van der Waals surface area contributed by atoms with E-state index < -0.39 is 11.5 Å². The van der Waals surface area contributed by atoms with E-state index in [-0.39, 0.29) is 11.3 Å². The van der Waals surface area contributed by atoms with Crippen LogP contribution < -0.4 is 0 Å². The number of benzene rings is 1. The molecule has 1 aliphatic carbocycles. The van der Waals surface area contributed by atoms with Crippen molar-refractivity contribution in [1.29, 1.82) is 0 Å². The van der Waals surface area contributed by atoms with Crippen molar-refractivity contribution >= 4 is 23.1 Å². The van der Waals surface area contributed by atoms with E-state index in [9.17, 15) is 9.90 Å². The zero-order chi connectivity index (χ0) is 18.5. The van der Waals surface area contributed by atoms with E-state index in [4.69, 9.17) is 16.4 Å². The molecule has 26 heavy (non-hydrogen) atoms. The Kier molecular flexibility index (Phi) is 4.00. The highest BCUT2D eigenvalue weighted by Gasteiger charge is 2.49. The topological polar surface area (TPSA) is 80.5 Å². The van der Waals surface area contributed by atoms with Crippen molar-refractivity contribution in [3.8, 4) is 11.4 Å². The van der Waals surface area contributed by atoms with Crippen molar-refractivity contribution in [2.45, 2.75) is 31.3 Å². The third-order valence-electron chi connectivity index (χ3n) is 4.98. The van der Waals surface area contributed by atoms with Gasteiger partial charge in [-0.05, 0) is 49.9 Å². The number of likely N-dealkylation sites (N-methyl/N-ethyl adjacent to an activating group) is 1. The molecule has 136 valence electrons. The van der Waals surface area contributed by atoms with Gasteiger partial charge in [0, 0.05) is 24.7 Å². The van der Waals surface area contributed by atoms with Gasteiger partial charge in [-0.3, -0.25) is 9.63 Å². The van der Waals surface area contributed by atoms with Gasteiger partial charge in [0.2, 0.25) is 0 Å². The Balaban J connectivity index is 1.83. The molecule has 2 aromatic rings. The van der Waals surface area contributed by atoms with Crippen LogP contribution in [-0.4, -0.2) is 43.5 Å². The van der Waals surface area contributed by atoms with Crippen LogP contribution in [0, 0.1) is 0 Å². The number of carbonyl (C=O) groups excluding carboxylic acids is 1. The summed E-state index contributed by atoms with van der Waals surface area (Å²) in [6.07, 6.45) is 3.21. The summed E-state index contributed by atoms with van der Waals surface area (Å²) in [7, 11) is 3.26. The average Bonchev–Trinajstić information content (AvgIpc) is 3.23. The molecule has 8 heteroatoms. The Morgan fingerprint density at radius 3 is 2.50 bits per heavy atom. The molecule has 0 unspecified atom stereocenters. The summed E-state index contributed by atoms with van der Waals surface area (Å²) in [6, 6.07) is 7.13. The number of carbonyl (C=O) groups is 1. The van der Waals surface area contributed by atoms with E-state index in [0.717, 1.165) is 18.4 Å². The maximum absolute atomic E-state index is 12.7. The van der Waals surface area contributed by atoms with Gasteiger partial charge in [0.1, 0.15) is 11.3 Å². The number of aliphatic hydroxyl groups excluding tert-OH is 1. The first-order chi connectivity index (χ1) is 12.4. The second-order valence-corrected chi connectivity index (χ2v) is 7.14. The number of hydrogen-bond acceptors (Lipinski definition) is 5. The van der Waals surface area contributed by atoms with Crippen LogP contribution in [0.1, 0.15) is 31.5 Å². The minimum atomic E-state index is -0.843. The van der Waals surface area contributed by atoms with Crippen LogP contribution >= 0.6 is 11.6 Å². The van der Waals surface area contributed by atoms with Crippen LogP contribution in [0.25, 0.3) is 17.0 Å². The molecule has 1 saturated carbocycles. The Bertz CT molecular complexity index is 898. The molecule has 0 atom stereocenters. The molecule has 1 N–H and O–H groups in total. The first-order valence-corrected chi connectivity index (χ1v) is 8.87. The fourth-order valence-corrected chi connectivity index (χ4v) is 3.76. The zero-order valence-electron chi connectivity index (χ0n) is 14.6. The van der Waals surface area contributed by atoms with Crippen LogP contribution in [0.5, 0.6) is 0 Å². The third-order valence-corrected chi connectivity index (χ3v) is 5.23. The van der Waals surface area contributed by atoms with Gasteiger partial charge < -0.3 is 5.11 Å². The molecule has 1 spiro atoms. The molecule has 0 radical (unpaired) electrons. The summed E-state index contributed by atoms with van der Waals surface area (Å²) in [5.74, 6) is 0.301. The van der Waals surface area contributed by atoms with Crippen molar-refractivity contribution in [3.63, 3.8) is 0 Å². The summed E-state index contributed by atoms with van der Waals surface area (Å²) in [4.78, 5) is 23.0. The van der Waals surface area contributed by atoms with E-state index >= 15 is 0 Å². The maximum Gasteiger partial charge on any atom is 0.284 e. The second kappa shape index (κ2) is 6.10. The van der Waals surface area contributed by atoms with Crippen molar-refractivity contribution in [3.05, 3.63) is 40.9 Å². The summed E-state index contributed by atoms with van der Waals surface area (Å²) in [6.45, 7) is 0. The number of hydroxylamine groups is 2. The van der Waals surface area contributed by atoms with E-state index in [0.29, 0.717) is 29.5 Å². The summed E-state index contributed by atoms with van der Waals surface area (Å²) in [5, 5.41) is 17.1. The van der Waals surface area contributed by atoms with E-state index in [2.05, 4.69) is 10.1 Å². The fraction of sp³-hybridized carbons (Fsp3) is 0.389. The summed E-state index contributed by atoms with van der Waals surface area (Å²) < 4.78 is 1.51. The highest BCUT2D eigenvalue weighted by atomic mass is 35.5. The third kappa shape index (κ3) is 2.59. The van der Waals surface area contributed by atoms with Gasteiger partial charge in [-0.25, -0.2) is 14.7 Å². The minimum Gasteiger partial charge on any atom is -0.508 e. The lowest BCUT2D eigenvalue weighted by Gasteiger charge is -2.37. The predicted molar refractivity (Wildman–Crippen MR) is 96.1 cm³/mol. The molecule has 1 aromatic heterocycles. The fourth-order valence-electron chi connectivity index (χ4n) is 3.63. The first kappa shape index (κ1) is 17.1. The number of hydrogen-bond donors (Lipinski definition) is 1. The molecule has 1 aliphatic heterocycles. The van der Waals surface area contributed by atoms with Gasteiger partial charge in [0.15, 0.2) is 17.2 Å². The Morgan fingerprint density at radius 1 is 1.19 bits per heavy atom. The lowest BCUT2D eigenvalue weighted by Crippen LogP contribution is -2.47. The van der Waals surface area contributed by atoms with Gasteiger partial charge in [0.25, 0.3) is 5.91 Å². The van der Waals surface area contributed by atoms with E-state index in [1.807, 2.05) is 12.1 Å². The van der Waals surface area contributed by atoms with Gasteiger partial charge >= 0.3 is 0 Å². The number of nitrogens with zero attached hydrogens (tertiary/aromatic N) is 4. The van der Waals surface area contributed by atoms with Crippen LogP contribution in [0.4, 0.5) is 0 Å². The van der Waals surface area contributed by atoms with Crippen molar-refractivity contribution in [2.24, 2.45) is 7.05 Å². The molecule has 4 rings (SSSR count). The lowest BCUT2D eigenvalue weighted by atomic mass is 9.93. The highest BCUT2D eigenvalue weighted by Crippen LogP contribution is 2.44. The van der Waals surface area contributed by atoms with E-state index in [1.54, 1.807) is 26.2 Å². The van der Waals surface area contributed by atoms with Gasteiger partial charge in [-0.1, -0.05) is 11.6 Å². The Morgan fingerprint density at radius 2 is 1.85 bits per heavy atom. The molecule has 0 bridgehead atoms. The number of aromatic nitrogens is 3. The first-order valence-electron chi connectivity index (χ1n) is 8.49. The minimum absolute atomic E-state index is 0.0451. The molecular weight excluding hydrogens is 356 g/mol. The Hall–Kier alpha value is -2.38. The molecule has 1 amide bonds. The standard InChI is InChI=1S/C18H19ClN4O3/c1-22-16(20-15(21-22)11-5-7-12(19)8-6-11)13-14(24)18(9-3-4-10-18)26-23(2)17(13)25/h5-8,24H,3-4,9-10H2,1-2H3. The number of aryl methyl sites for hydroxylation is 1. The van der Waals surface area contributed by atoms with Crippen LogP contribution in [-0.2, 0) is 16.7 Å². The molecule has 2 heterocycles. The molecule has 1 aromatic carbocycles. The van der Waals surface area contributed by atoms with Crippen molar-refractivity contribution < 1.29 is 14.7 Å². The largest absolute Gasteiger partial charge is 0.508 e. The predicted octanol–water partition coefficient (Wildman–Crippen LogP) is 3.12. The molecule has 7 nitrogen and oxygen atoms in total. The Labute approximate surface area is 155 Å². The summed E-state index contributed by atoms with van der Waals surface area (Å²) in [5.41, 5.74) is 0.0836. The number of amides is 1. The van der Waals surface area contributed by atoms with Gasteiger partial charge in [0.05, 0.1) is 0 Å². The SMILES string of the molecule is CN1OC2(CCCC2)C(O)=C(c2nc(-c3ccc(Cl)cc3)nn2C)C1=O. The van der Waals surface area contributed by atoms with Crippen molar-refractivity contribution in [2.75, 3.05) is 7.05 Å². The molecule has 1 fully saturated rings. The number of aliphatic hydroxyl groups is 1. The monoisotopic (exact) mass is 374 g/mol. The van der Waals surface area contributed by atoms with Gasteiger partial charge in [-0.2, -0.15) is 5.10 Å². The second-order valence-electron chi connectivity index (χ2n) is 6.71. The van der Waals surface area contributed by atoms with Crippen LogP contribution in [0.3, 0.4) is 0 Å². The van der Waals surface area contributed by atoms with Crippen molar-refractivity contribution in [1.82, 2.24) is 19.8 Å². The normalized spacial score (nSPS) is 19.7. The van der Waals surface area contributed by atoms with Crippen LogP contribution in [0.2, 0.25) is 5.02 Å². The smallest absolute Gasteiger partial charge is 0.284 e. The molecule has 2 aliphatic rings. The lowest BCUT2D eigenvalue weighted by molar-refractivity contribution is -0.227.